The van der Waals surface area contributed by atoms with Crippen molar-refractivity contribution >= 4 is 11.9 Å². The minimum Gasteiger partial charge on any atom is -0.481 e. The van der Waals surface area contributed by atoms with Gasteiger partial charge < -0.3 is 10.0 Å². The van der Waals surface area contributed by atoms with Gasteiger partial charge in [0.15, 0.2) is 0 Å². The molecule has 0 spiro atoms. The zero-order valence-corrected chi connectivity index (χ0v) is 8.69. The van der Waals surface area contributed by atoms with Crippen LogP contribution in [-0.2, 0) is 9.59 Å². The predicted molar refractivity (Wildman–Crippen MR) is 51.8 cm³/mol. The number of hydrogen-bond donors (Lipinski definition) is 1. The number of carbonyl (C=O) groups is 2. The maximum atomic E-state index is 11.5. The van der Waals surface area contributed by atoms with E-state index < -0.39 is 5.97 Å². The van der Waals surface area contributed by atoms with Crippen LogP contribution in [0.2, 0.25) is 0 Å². The third-order valence-corrected chi connectivity index (χ3v) is 2.93. The number of carbonyl (C=O) groups excluding carboxylic acids is 1. The maximum Gasteiger partial charge on any atom is 0.308 e. The summed E-state index contributed by atoms with van der Waals surface area (Å²) in [4.78, 5) is 24.1. The minimum absolute atomic E-state index is 0.0943. The Balaban J connectivity index is 2.82. The monoisotopic (exact) mass is 199 g/mol. The number of hydrogen-bond acceptors (Lipinski definition) is 2. The van der Waals surface area contributed by atoms with Crippen molar-refractivity contribution in [3.63, 3.8) is 0 Å². The Hall–Kier alpha value is -1.06. The van der Waals surface area contributed by atoms with E-state index in [0.717, 1.165) is 6.42 Å². The summed E-state index contributed by atoms with van der Waals surface area (Å²) in [5.74, 6) is -1.06. The van der Waals surface area contributed by atoms with Crippen molar-refractivity contribution in [3.05, 3.63) is 0 Å². The van der Waals surface area contributed by atoms with Gasteiger partial charge >= 0.3 is 5.97 Å². The van der Waals surface area contributed by atoms with Gasteiger partial charge in [0.1, 0.15) is 0 Å². The van der Waals surface area contributed by atoms with Crippen LogP contribution in [0.5, 0.6) is 0 Å². The Morgan fingerprint density at radius 2 is 2.21 bits per heavy atom. The fraction of sp³-hybridized carbons (Fsp3) is 0.800. The number of rotatable bonds is 3. The van der Waals surface area contributed by atoms with Crippen molar-refractivity contribution in [1.82, 2.24) is 4.90 Å². The van der Waals surface area contributed by atoms with Crippen LogP contribution in [0.1, 0.15) is 33.1 Å². The zero-order valence-electron chi connectivity index (χ0n) is 8.69. The van der Waals surface area contributed by atoms with E-state index in [4.69, 9.17) is 5.11 Å². The average Bonchev–Trinajstić information content (AvgIpc) is 2.16. The lowest BCUT2D eigenvalue weighted by Gasteiger charge is -2.38. The Morgan fingerprint density at radius 1 is 1.57 bits per heavy atom. The second kappa shape index (κ2) is 4.44. The van der Waals surface area contributed by atoms with Crippen molar-refractivity contribution < 1.29 is 14.7 Å². The summed E-state index contributed by atoms with van der Waals surface area (Å²) in [5, 5.41) is 9.00. The quantitative estimate of drug-likeness (QED) is 0.740. The lowest BCUT2D eigenvalue weighted by Crippen LogP contribution is -2.50. The number of carboxylic acid groups (broad SMARTS) is 1. The number of nitrogens with zero attached hydrogens (tertiary/aromatic N) is 1. The van der Waals surface area contributed by atoms with Crippen LogP contribution in [0.25, 0.3) is 0 Å². The molecule has 1 N–H and O–H groups in total. The Labute approximate surface area is 83.9 Å². The molecule has 1 heterocycles. The van der Waals surface area contributed by atoms with E-state index in [1.165, 1.54) is 0 Å². The van der Waals surface area contributed by atoms with Gasteiger partial charge in [-0.3, -0.25) is 9.59 Å². The number of piperidine rings is 1. The molecule has 1 amide bonds. The summed E-state index contributed by atoms with van der Waals surface area (Å²) < 4.78 is 0. The Morgan fingerprint density at radius 3 is 2.64 bits per heavy atom. The topological polar surface area (TPSA) is 57.6 Å². The van der Waals surface area contributed by atoms with Gasteiger partial charge in [-0.05, 0) is 19.8 Å². The number of likely N-dealkylation sites (tertiary alicyclic amines) is 1. The smallest absolute Gasteiger partial charge is 0.308 e. The summed E-state index contributed by atoms with van der Waals surface area (Å²) in [6.07, 6.45) is 1.58. The van der Waals surface area contributed by atoms with Gasteiger partial charge in [0, 0.05) is 19.0 Å². The second-order valence-corrected chi connectivity index (χ2v) is 3.64. The highest BCUT2D eigenvalue weighted by molar-refractivity contribution is 5.81. The van der Waals surface area contributed by atoms with E-state index in [9.17, 15) is 9.59 Å². The average molecular weight is 199 g/mol. The normalized spacial score (nSPS) is 27.9. The molecule has 0 saturated carbocycles. The molecule has 0 radical (unpaired) electrons. The second-order valence-electron chi connectivity index (χ2n) is 3.64. The van der Waals surface area contributed by atoms with Gasteiger partial charge in [0.2, 0.25) is 5.91 Å². The molecule has 0 aromatic heterocycles. The molecule has 14 heavy (non-hydrogen) atoms. The van der Waals surface area contributed by atoms with E-state index in [1.807, 2.05) is 13.8 Å². The number of amides is 1. The van der Waals surface area contributed by atoms with Gasteiger partial charge in [0.05, 0.1) is 5.92 Å². The maximum absolute atomic E-state index is 11.5. The van der Waals surface area contributed by atoms with Crippen LogP contribution in [0.3, 0.4) is 0 Å². The highest BCUT2D eigenvalue weighted by atomic mass is 16.4. The molecule has 0 aliphatic carbocycles. The zero-order chi connectivity index (χ0) is 10.7. The Kier molecular flexibility index (Phi) is 3.49. The van der Waals surface area contributed by atoms with E-state index in [-0.39, 0.29) is 17.9 Å². The van der Waals surface area contributed by atoms with Gasteiger partial charge in [-0.2, -0.15) is 0 Å². The van der Waals surface area contributed by atoms with E-state index >= 15 is 0 Å². The number of aliphatic carboxylic acids is 1. The largest absolute Gasteiger partial charge is 0.481 e. The summed E-state index contributed by atoms with van der Waals surface area (Å²) in [6.45, 7) is 4.44. The first-order valence-electron chi connectivity index (χ1n) is 5.14. The lowest BCUT2D eigenvalue weighted by atomic mass is 9.87. The van der Waals surface area contributed by atoms with Crippen molar-refractivity contribution in [2.24, 2.45) is 5.92 Å². The van der Waals surface area contributed by atoms with Crippen LogP contribution in [0.15, 0.2) is 0 Å². The third kappa shape index (κ3) is 1.89. The van der Waals surface area contributed by atoms with Gasteiger partial charge in [-0.1, -0.05) is 6.92 Å². The van der Waals surface area contributed by atoms with Crippen molar-refractivity contribution in [2.45, 2.75) is 39.2 Å². The molecular formula is C10H17NO3. The molecule has 1 saturated heterocycles. The molecule has 0 aromatic carbocycles. The molecule has 1 rings (SSSR count). The SMILES string of the molecule is CC[C@@H]1[C@@H](C(=O)O)CCC(=O)N1CC. The molecule has 0 aromatic rings. The summed E-state index contributed by atoms with van der Waals surface area (Å²) in [7, 11) is 0. The highest BCUT2D eigenvalue weighted by Crippen LogP contribution is 2.26. The lowest BCUT2D eigenvalue weighted by molar-refractivity contribution is -0.151. The van der Waals surface area contributed by atoms with Crippen LogP contribution in [0.4, 0.5) is 0 Å². The minimum atomic E-state index is -0.775. The molecule has 1 aliphatic heterocycles. The molecule has 1 aliphatic rings. The van der Waals surface area contributed by atoms with Gasteiger partial charge in [-0.15, -0.1) is 0 Å². The van der Waals surface area contributed by atoms with E-state index in [0.29, 0.717) is 19.4 Å². The fourth-order valence-corrected chi connectivity index (χ4v) is 2.22. The van der Waals surface area contributed by atoms with Gasteiger partial charge in [0.25, 0.3) is 0 Å². The van der Waals surface area contributed by atoms with Crippen LogP contribution >= 0.6 is 0 Å². The van der Waals surface area contributed by atoms with Crippen LogP contribution in [-0.4, -0.2) is 34.5 Å². The fourth-order valence-electron chi connectivity index (χ4n) is 2.22. The molecule has 1 fully saturated rings. The Bertz CT molecular complexity index is 238. The first kappa shape index (κ1) is 11.0. The molecule has 80 valence electrons. The van der Waals surface area contributed by atoms with Crippen LogP contribution in [0, 0.1) is 5.92 Å². The number of carboxylic acids is 1. The van der Waals surface area contributed by atoms with Crippen molar-refractivity contribution in [1.29, 1.82) is 0 Å². The van der Waals surface area contributed by atoms with Crippen LogP contribution < -0.4 is 0 Å². The summed E-state index contributed by atoms with van der Waals surface area (Å²) in [5.41, 5.74) is 0. The van der Waals surface area contributed by atoms with Crippen molar-refractivity contribution in [2.75, 3.05) is 6.54 Å². The molecule has 0 unspecified atom stereocenters. The standard InChI is InChI=1S/C10H17NO3/c1-3-8-7(10(13)14)5-6-9(12)11(8)4-2/h7-8H,3-6H2,1-2H3,(H,13,14)/t7-,8+/m0/s1. The molecule has 2 atom stereocenters. The van der Waals surface area contributed by atoms with E-state index in [1.54, 1.807) is 4.90 Å². The first-order valence-corrected chi connectivity index (χ1v) is 5.14. The molecule has 4 nitrogen and oxygen atoms in total. The predicted octanol–water partition coefficient (Wildman–Crippen LogP) is 1.11. The summed E-state index contributed by atoms with van der Waals surface area (Å²) in [6, 6.07) is -0.112. The molecule has 4 heteroatoms. The van der Waals surface area contributed by atoms with E-state index in [2.05, 4.69) is 0 Å². The highest BCUT2D eigenvalue weighted by Gasteiger charge is 2.37. The molecule has 0 bridgehead atoms. The first-order chi connectivity index (χ1) is 6.61. The molecular weight excluding hydrogens is 182 g/mol. The third-order valence-electron chi connectivity index (χ3n) is 2.93. The van der Waals surface area contributed by atoms with Gasteiger partial charge in [-0.25, -0.2) is 0 Å². The van der Waals surface area contributed by atoms with Crippen molar-refractivity contribution in [3.8, 4) is 0 Å². The summed E-state index contributed by atoms with van der Waals surface area (Å²) >= 11 is 0.